The Morgan fingerprint density at radius 3 is 2.21 bits per heavy atom. The van der Waals surface area contributed by atoms with E-state index in [1.807, 2.05) is 97.1 Å². The quantitative estimate of drug-likeness (QED) is 0.174. The molecule has 0 bridgehead atoms. The number of carbonyl (C=O) groups excluding carboxylic acids is 3. The van der Waals surface area contributed by atoms with Crippen molar-refractivity contribution in [2.45, 2.75) is 25.4 Å². The highest BCUT2D eigenvalue weighted by Crippen LogP contribution is 2.56. The van der Waals surface area contributed by atoms with Gasteiger partial charge in [0.1, 0.15) is 17.1 Å². The average Bonchev–Trinajstić information content (AvgIpc) is 3.98. The number of anilines is 1. The zero-order valence-electron chi connectivity index (χ0n) is 30.3. The molecule has 7 aromatic rings. The molecule has 2 aromatic heterocycles. The Labute approximate surface area is 320 Å². The summed E-state index contributed by atoms with van der Waals surface area (Å²) in [5.74, 6) is -1.43. The van der Waals surface area contributed by atoms with E-state index in [0.29, 0.717) is 50.6 Å². The Morgan fingerprint density at radius 1 is 0.750 bits per heavy atom. The number of imide groups is 1. The predicted octanol–water partition coefficient (Wildman–Crippen LogP) is 6.57. The molecule has 4 aliphatic rings. The number of carbonyl (C=O) groups is 3. The molecule has 3 N–H and O–H groups in total. The van der Waals surface area contributed by atoms with Crippen LogP contribution in [-0.4, -0.2) is 49.0 Å². The normalized spacial score (nSPS) is 21.7. The van der Waals surface area contributed by atoms with Crippen LogP contribution in [0.15, 0.2) is 137 Å². The van der Waals surface area contributed by atoms with Crippen molar-refractivity contribution in [1.82, 2.24) is 19.9 Å². The van der Waals surface area contributed by atoms with Crippen LogP contribution in [0.5, 0.6) is 5.88 Å². The molecule has 0 aliphatic carbocycles. The zero-order chi connectivity index (χ0) is 38.5. The first kappa shape index (κ1) is 33.6. The van der Waals surface area contributed by atoms with Crippen LogP contribution in [-0.2, 0) is 15.1 Å². The van der Waals surface area contributed by atoms with Gasteiger partial charge in [0.05, 0.1) is 45.4 Å². The second kappa shape index (κ2) is 12.3. The molecular formula is C45H34N6O5. The van der Waals surface area contributed by atoms with Gasteiger partial charge in [-0.15, -0.1) is 0 Å². The molecule has 2 saturated heterocycles. The Balaban J connectivity index is 0.000000162. The fraction of sp³-hybridized carbons (Fsp3) is 0.156. The minimum absolute atomic E-state index is 0.0221. The van der Waals surface area contributed by atoms with Crippen LogP contribution >= 0.6 is 0 Å². The van der Waals surface area contributed by atoms with E-state index >= 15 is 0 Å². The Kier molecular flexibility index (Phi) is 7.36. The van der Waals surface area contributed by atoms with Crippen LogP contribution in [0.1, 0.15) is 41.2 Å². The number of aromatic amines is 1. The van der Waals surface area contributed by atoms with Crippen LogP contribution in [0, 0.1) is 17.8 Å². The minimum atomic E-state index is -1.10. The number of hydrogen-bond acceptors (Lipinski definition) is 8. The number of Topliss-reactive ketones (excluding diaryl/α,β-unsaturated/α-hetero) is 1. The minimum Gasteiger partial charge on any atom is -0.494 e. The van der Waals surface area contributed by atoms with Crippen LogP contribution in [0.4, 0.5) is 11.4 Å². The summed E-state index contributed by atoms with van der Waals surface area (Å²) in [6, 6.07) is 38.4. The van der Waals surface area contributed by atoms with E-state index in [2.05, 4.69) is 29.1 Å². The molecule has 0 radical (unpaired) electrons. The number of ketones is 1. The maximum atomic E-state index is 14.2. The number of fused-ring (bicyclic) bond motifs is 10. The van der Waals surface area contributed by atoms with Gasteiger partial charge in [0.15, 0.2) is 5.88 Å². The van der Waals surface area contributed by atoms with Gasteiger partial charge in [-0.1, -0.05) is 92.7 Å². The van der Waals surface area contributed by atoms with E-state index in [1.54, 1.807) is 34.9 Å². The lowest BCUT2D eigenvalue weighted by Crippen LogP contribution is -2.51. The van der Waals surface area contributed by atoms with Crippen molar-refractivity contribution in [3.05, 3.63) is 160 Å². The average molecular weight is 739 g/mol. The number of hydrogen-bond donors (Lipinski definition) is 3. The Morgan fingerprint density at radius 2 is 1.43 bits per heavy atom. The smallest absolute Gasteiger partial charge is 0.266 e. The second-order valence-corrected chi connectivity index (χ2v) is 14.9. The first-order valence-corrected chi connectivity index (χ1v) is 18.6. The van der Waals surface area contributed by atoms with Crippen molar-refractivity contribution < 1.29 is 19.5 Å². The van der Waals surface area contributed by atoms with Crippen molar-refractivity contribution in [2.75, 3.05) is 4.90 Å². The first-order chi connectivity index (χ1) is 27.2. The Bertz CT molecular complexity index is 2910. The molecule has 56 heavy (non-hydrogen) atoms. The van der Waals surface area contributed by atoms with E-state index < -0.39 is 17.4 Å². The van der Waals surface area contributed by atoms with Gasteiger partial charge in [-0.3, -0.25) is 29.1 Å². The zero-order valence-corrected chi connectivity index (χ0v) is 30.3. The maximum Gasteiger partial charge on any atom is 0.266 e. The maximum absolute atomic E-state index is 14.2. The van der Waals surface area contributed by atoms with Gasteiger partial charge in [-0.05, 0) is 54.4 Å². The highest BCUT2D eigenvalue weighted by molar-refractivity contribution is 6.56. The molecule has 0 saturated carbocycles. The monoisotopic (exact) mass is 738 g/mol. The molecule has 274 valence electrons. The lowest BCUT2D eigenvalue weighted by atomic mass is 9.75. The van der Waals surface area contributed by atoms with Gasteiger partial charge >= 0.3 is 0 Å². The molecule has 2 fully saturated rings. The Hall–Kier alpha value is -6.98. The van der Waals surface area contributed by atoms with Gasteiger partial charge in [-0.25, -0.2) is 14.9 Å². The van der Waals surface area contributed by atoms with Crippen LogP contribution in [0.3, 0.4) is 0 Å². The molecule has 11 nitrogen and oxygen atoms in total. The van der Waals surface area contributed by atoms with Gasteiger partial charge in [-0.2, -0.15) is 0 Å². The number of aliphatic imine (C=N–C) groups is 1. The number of para-hydroxylation sites is 5. The third-order valence-electron chi connectivity index (χ3n) is 11.5. The van der Waals surface area contributed by atoms with Crippen molar-refractivity contribution in [1.29, 1.82) is 0 Å². The standard InChI is InChI=1S/C29H24N4O3.C16H10N2O2/c1-16(2)24-22-23(27(36)32(26(22)35)17-10-4-3-5-11-17)29(31-24)19-13-7-9-15-21(19)33-25(34)18-12-6-8-14-20(18)30-28(29)33;19-15-10-6-2-4-8-12(10)17-14(15)13-9-5-1-3-7-11(9)18-16(13)20/h3-16,22-24,31H,1-2H3;1-8,18,20H/t22-,23-,24?,29?;/m1./s1. The second-order valence-electron chi connectivity index (χ2n) is 14.9. The van der Waals surface area contributed by atoms with Crippen molar-refractivity contribution in [3.8, 4) is 11.6 Å². The number of aromatic hydroxyl groups is 1. The summed E-state index contributed by atoms with van der Waals surface area (Å²) in [5.41, 5.74) is 4.14. The van der Waals surface area contributed by atoms with Gasteiger partial charge in [0.2, 0.25) is 17.6 Å². The molecule has 4 aliphatic heterocycles. The largest absolute Gasteiger partial charge is 0.494 e. The SMILES string of the molecule is CC(C)C1NC2(c3ccccc3-n3c2nc2ccccc2c3=O)[C@H]2C(=O)N(c3ccccc3)C(=O)[C@@H]12.O=C1C(c2c(O)[nH]c3ccccc23)=Nc2ccccc21. The van der Waals surface area contributed by atoms with Crippen molar-refractivity contribution >= 4 is 56.5 Å². The number of H-pyrrole nitrogens is 1. The summed E-state index contributed by atoms with van der Waals surface area (Å²) in [4.78, 5) is 68.0. The third kappa shape index (κ3) is 4.55. The molecule has 6 heterocycles. The summed E-state index contributed by atoms with van der Waals surface area (Å²) in [6.07, 6.45) is 0. The van der Waals surface area contributed by atoms with Gasteiger partial charge in [0.25, 0.3) is 5.56 Å². The molecule has 2 unspecified atom stereocenters. The highest BCUT2D eigenvalue weighted by Gasteiger charge is 2.70. The van der Waals surface area contributed by atoms with Crippen LogP contribution < -0.4 is 15.8 Å². The van der Waals surface area contributed by atoms with E-state index in [0.717, 1.165) is 16.5 Å². The summed E-state index contributed by atoms with van der Waals surface area (Å²) in [7, 11) is 0. The number of rotatable bonds is 3. The molecule has 11 rings (SSSR count). The number of benzene rings is 5. The molecule has 11 heteroatoms. The third-order valence-corrected chi connectivity index (χ3v) is 11.5. The predicted molar refractivity (Wildman–Crippen MR) is 213 cm³/mol. The van der Waals surface area contributed by atoms with E-state index in [1.165, 1.54) is 4.90 Å². The molecule has 2 amide bonds. The number of amides is 2. The number of aromatic nitrogens is 3. The van der Waals surface area contributed by atoms with E-state index in [4.69, 9.17) is 4.98 Å². The molecule has 4 atom stereocenters. The van der Waals surface area contributed by atoms with E-state index in [9.17, 15) is 24.3 Å². The summed E-state index contributed by atoms with van der Waals surface area (Å²) < 4.78 is 1.63. The van der Waals surface area contributed by atoms with E-state index in [-0.39, 0.29) is 41.0 Å². The fourth-order valence-electron chi connectivity index (χ4n) is 9.15. The van der Waals surface area contributed by atoms with Crippen LogP contribution in [0.25, 0.3) is 27.5 Å². The molecular weight excluding hydrogens is 705 g/mol. The fourth-order valence-corrected chi connectivity index (χ4v) is 9.15. The van der Waals surface area contributed by atoms with Gasteiger partial charge < -0.3 is 10.1 Å². The summed E-state index contributed by atoms with van der Waals surface area (Å²) in [5, 5.41) is 15.1. The van der Waals surface area contributed by atoms with Crippen molar-refractivity contribution in [2.24, 2.45) is 22.7 Å². The lowest BCUT2D eigenvalue weighted by molar-refractivity contribution is -0.123. The highest BCUT2D eigenvalue weighted by atomic mass is 16.3. The number of nitrogens with one attached hydrogen (secondary N) is 2. The molecule has 1 spiro atoms. The summed E-state index contributed by atoms with van der Waals surface area (Å²) >= 11 is 0. The van der Waals surface area contributed by atoms with Gasteiger partial charge in [0, 0.05) is 28.1 Å². The number of nitrogens with zero attached hydrogens (tertiary/aromatic N) is 4. The molecule has 5 aromatic carbocycles. The topological polar surface area (TPSA) is 150 Å². The van der Waals surface area contributed by atoms with Crippen molar-refractivity contribution in [3.63, 3.8) is 0 Å². The van der Waals surface area contributed by atoms with Crippen LogP contribution in [0.2, 0.25) is 0 Å². The summed E-state index contributed by atoms with van der Waals surface area (Å²) in [6.45, 7) is 4.11. The first-order valence-electron chi connectivity index (χ1n) is 18.6. The lowest BCUT2D eigenvalue weighted by Gasteiger charge is -2.32.